The van der Waals surface area contributed by atoms with Crippen molar-refractivity contribution in [2.24, 2.45) is 0 Å². The molecule has 5 nitrogen and oxygen atoms in total. The Balaban J connectivity index is 1.31. The number of ether oxygens (including phenoxy) is 1. The van der Waals surface area contributed by atoms with E-state index in [1.165, 1.54) is 0 Å². The molecular weight excluding hydrogens is 554 g/mol. The Morgan fingerprint density at radius 3 is 2.11 bits per heavy atom. The maximum absolute atomic E-state index is 6.41. The fraction of sp³-hybridized carbons (Fsp3) is 0.0250. The van der Waals surface area contributed by atoms with E-state index in [4.69, 9.17) is 24.1 Å². The van der Waals surface area contributed by atoms with Crippen LogP contribution in [0.15, 0.2) is 151 Å². The van der Waals surface area contributed by atoms with Crippen molar-refractivity contribution in [3.63, 3.8) is 0 Å². The van der Waals surface area contributed by atoms with Gasteiger partial charge < -0.3 is 9.15 Å². The molecule has 3 heterocycles. The van der Waals surface area contributed by atoms with Crippen molar-refractivity contribution in [1.82, 2.24) is 15.0 Å². The van der Waals surface area contributed by atoms with Crippen molar-refractivity contribution in [2.45, 2.75) is 0 Å². The van der Waals surface area contributed by atoms with E-state index in [1.807, 2.05) is 109 Å². The van der Waals surface area contributed by atoms with Gasteiger partial charge in [-0.1, -0.05) is 104 Å². The summed E-state index contributed by atoms with van der Waals surface area (Å²) in [4.78, 5) is 15.1. The van der Waals surface area contributed by atoms with E-state index in [1.54, 1.807) is 0 Å². The monoisotopic (exact) mass is 581 g/mol. The van der Waals surface area contributed by atoms with Crippen LogP contribution in [-0.2, 0) is 0 Å². The average Bonchev–Trinajstić information content (AvgIpc) is 3.51. The summed E-state index contributed by atoms with van der Waals surface area (Å²) in [5.74, 6) is 2.49. The molecule has 0 amide bonds. The normalized spacial score (nSPS) is 14.3. The number of nitrogens with zero attached hydrogens (tertiary/aromatic N) is 3. The standard InChI is InChI=1S/C40H27N3O2/c1-26-12-5-4-10-23-44-34-22-20-30(24-33(26)34)39-41-38(28-15-8-3-9-16-28)42-40(43-39)32-17-11-18-35-37(32)31-21-19-29(25-36(31)45-35)27-13-6-2-7-14-27/h2-22,24-25H,1,23H2/b10-4-,12-5-. The van der Waals surface area contributed by atoms with Crippen LogP contribution in [-0.4, -0.2) is 21.6 Å². The number of rotatable bonds is 4. The van der Waals surface area contributed by atoms with Crippen molar-refractivity contribution in [1.29, 1.82) is 0 Å². The molecule has 7 aromatic rings. The highest BCUT2D eigenvalue weighted by molar-refractivity contribution is 6.12. The zero-order valence-corrected chi connectivity index (χ0v) is 24.4. The van der Waals surface area contributed by atoms with E-state index in [-0.39, 0.29) is 0 Å². The van der Waals surface area contributed by atoms with E-state index in [9.17, 15) is 0 Å². The number of hydrogen-bond donors (Lipinski definition) is 0. The largest absolute Gasteiger partial charge is 0.489 e. The van der Waals surface area contributed by atoms with Crippen LogP contribution in [0.5, 0.6) is 5.75 Å². The van der Waals surface area contributed by atoms with E-state index < -0.39 is 0 Å². The smallest absolute Gasteiger partial charge is 0.164 e. The molecule has 0 bridgehead atoms. The van der Waals surface area contributed by atoms with Crippen molar-refractivity contribution in [3.8, 4) is 51.0 Å². The Kier molecular flexibility index (Phi) is 6.61. The van der Waals surface area contributed by atoms with E-state index in [2.05, 4.69) is 36.9 Å². The summed E-state index contributed by atoms with van der Waals surface area (Å²) in [5.41, 5.74) is 8.21. The summed E-state index contributed by atoms with van der Waals surface area (Å²) >= 11 is 0. The highest BCUT2D eigenvalue weighted by Gasteiger charge is 2.19. The second kappa shape index (κ2) is 11.2. The predicted octanol–water partition coefficient (Wildman–Crippen LogP) is 9.96. The van der Waals surface area contributed by atoms with Crippen LogP contribution in [0.3, 0.4) is 0 Å². The zero-order chi connectivity index (χ0) is 30.2. The number of fused-ring (bicyclic) bond motifs is 4. The number of aromatic nitrogens is 3. The second-order valence-electron chi connectivity index (χ2n) is 10.9. The Hall–Kier alpha value is -6.07. The van der Waals surface area contributed by atoms with Crippen LogP contribution in [0.2, 0.25) is 0 Å². The maximum Gasteiger partial charge on any atom is 0.164 e. The Morgan fingerprint density at radius 1 is 0.556 bits per heavy atom. The van der Waals surface area contributed by atoms with Gasteiger partial charge in [-0.3, -0.25) is 0 Å². The first-order valence-corrected chi connectivity index (χ1v) is 14.8. The summed E-state index contributed by atoms with van der Waals surface area (Å²) in [7, 11) is 0. The van der Waals surface area contributed by atoms with E-state index in [0.29, 0.717) is 24.1 Å². The minimum atomic E-state index is 0.480. The van der Waals surface area contributed by atoms with Gasteiger partial charge in [0.05, 0.1) is 0 Å². The molecule has 0 fully saturated rings. The van der Waals surface area contributed by atoms with Crippen LogP contribution in [0.1, 0.15) is 5.56 Å². The van der Waals surface area contributed by atoms with Crippen molar-refractivity contribution >= 4 is 27.5 Å². The molecule has 1 aliphatic rings. The van der Waals surface area contributed by atoms with Crippen LogP contribution >= 0.6 is 0 Å². The number of benzene rings is 5. The van der Waals surface area contributed by atoms with Crippen molar-refractivity contribution in [2.75, 3.05) is 6.61 Å². The van der Waals surface area contributed by atoms with E-state index in [0.717, 1.165) is 66.6 Å². The van der Waals surface area contributed by atoms with Gasteiger partial charge in [0.1, 0.15) is 23.5 Å². The van der Waals surface area contributed by atoms with Gasteiger partial charge in [0.2, 0.25) is 0 Å². The first-order valence-electron chi connectivity index (χ1n) is 14.8. The van der Waals surface area contributed by atoms with Gasteiger partial charge in [-0.15, -0.1) is 0 Å². The molecule has 0 radical (unpaired) electrons. The predicted molar refractivity (Wildman–Crippen MR) is 182 cm³/mol. The summed E-state index contributed by atoms with van der Waals surface area (Å²) in [5, 5.41) is 1.98. The quantitative estimate of drug-likeness (QED) is 0.207. The van der Waals surface area contributed by atoms with Gasteiger partial charge in [0, 0.05) is 33.0 Å². The SMILES string of the molecule is C=C1/C=C\C=C/COc2ccc(-c3nc(-c4ccccc4)nc(-c4cccc5oc6cc(-c7ccccc7)ccc6c45)n3)cc21. The first-order chi connectivity index (χ1) is 22.2. The van der Waals surface area contributed by atoms with E-state index >= 15 is 0 Å². The molecular formula is C40H27N3O2. The fourth-order valence-electron chi connectivity index (χ4n) is 5.74. The van der Waals surface area contributed by atoms with Crippen LogP contribution < -0.4 is 4.74 Å². The number of allylic oxidation sites excluding steroid dienone is 4. The Morgan fingerprint density at radius 2 is 1.29 bits per heavy atom. The van der Waals surface area contributed by atoms with Gasteiger partial charge in [-0.05, 0) is 59.2 Å². The van der Waals surface area contributed by atoms with Gasteiger partial charge in [-0.25, -0.2) is 15.0 Å². The maximum atomic E-state index is 6.41. The molecule has 0 atom stereocenters. The van der Waals surface area contributed by atoms with Gasteiger partial charge in [0.25, 0.3) is 0 Å². The summed E-state index contributed by atoms with van der Waals surface area (Å²) in [6.07, 6.45) is 7.89. The molecule has 0 aliphatic carbocycles. The number of furan rings is 1. The molecule has 0 saturated heterocycles. The Bertz CT molecular complexity index is 2280. The molecule has 0 unspecified atom stereocenters. The topological polar surface area (TPSA) is 61.0 Å². The minimum absolute atomic E-state index is 0.480. The third-order valence-electron chi connectivity index (χ3n) is 7.98. The Labute approximate surface area is 260 Å². The molecule has 2 aromatic heterocycles. The first kappa shape index (κ1) is 26.5. The van der Waals surface area contributed by atoms with Gasteiger partial charge in [-0.2, -0.15) is 0 Å². The van der Waals surface area contributed by atoms with Crippen LogP contribution in [0.25, 0.3) is 72.8 Å². The number of hydrogen-bond acceptors (Lipinski definition) is 5. The highest BCUT2D eigenvalue weighted by atomic mass is 16.5. The van der Waals surface area contributed by atoms with Gasteiger partial charge >= 0.3 is 0 Å². The third-order valence-corrected chi connectivity index (χ3v) is 7.98. The molecule has 1 aliphatic heterocycles. The molecule has 0 saturated carbocycles. The summed E-state index contributed by atoms with van der Waals surface area (Å²) < 4.78 is 12.4. The molecule has 45 heavy (non-hydrogen) atoms. The van der Waals surface area contributed by atoms with Gasteiger partial charge in [0.15, 0.2) is 17.5 Å². The molecule has 5 aromatic carbocycles. The lowest BCUT2D eigenvalue weighted by atomic mass is 10.0. The molecule has 0 N–H and O–H groups in total. The van der Waals surface area contributed by atoms with Crippen LogP contribution in [0.4, 0.5) is 0 Å². The van der Waals surface area contributed by atoms with Crippen molar-refractivity contribution < 1.29 is 9.15 Å². The molecule has 214 valence electrons. The third kappa shape index (κ3) is 5.00. The lowest BCUT2D eigenvalue weighted by molar-refractivity contribution is 0.362. The molecule has 0 spiro atoms. The summed E-state index contributed by atoms with van der Waals surface area (Å²) in [6.45, 7) is 4.76. The molecule has 8 rings (SSSR count). The second-order valence-corrected chi connectivity index (χ2v) is 10.9. The minimum Gasteiger partial charge on any atom is -0.489 e. The zero-order valence-electron chi connectivity index (χ0n) is 24.4. The highest BCUT2D eigenvalue weighted by Crippen LogP contribution is 2.38. The average molecular weight is 582 g/mol. The van der Waals surface area contributed by atoms with Crippen LogP contribution in [0, 0.1) is 0 Å². The molecule has 5 heteroatoms. The lowest BCUT2D eigenvalue weighted by Gasteiger charge is -2.13. The van der Waals surface area contributed by atoms with Crippen molar-refractivity contribution in [3.05, 3.63) is 152 Å². The fourth-order valence-corrected chi connectivity index (χ4v) is 5.74. The summed E-state index contributed by atoms with van der Waals surface area (Å²) in [6, 6.07) is 38.7. The lowest BCUT2D eigenvalue weighted by Crippen LogP contribution is -2.01.